The Kier molecular flexibility index (Phi) is 8.30. The zero-order valence-electron chi connectivity index (χ0n) is 20.5. The van der Waals surface area contributed by atoms with Crippen LogP contribution in [0.15, 0.2) is 60.2 Å². The topological polar surface area (TPSA) is 114 Å². The molecule has 0 radical (unpaired) electrons. The van der Waals surface area contributed by atoms with Gasteiger partial charge in [0.1, 0.15) is 12.6 Å². The minimum atomic E-state index is -1.06. The van der Waals surface area contributed by atoms with Crippen molar-refractivity contribution in [2.75, 3.05) is 20.3 Å². The van der Waals surface area contributed by atoms with Gasteiger partial charge in [-0.2, -0.15) is 0 Å². The van der Waals surface area contributed by atoms with Gasteiger partial charge in [0.25, 0.3) is 0 Å². The Morgan fingerprint density at radius 2 is 1.63 bits per heavy atom. The summed E-state index contributed by atoms with van der Waals surface area (Å²) >= 11 is 0. The van der Waals surface area contributed by atoms with Gasteiger partial charge in [0, 0.05) is 31.6 Å². The van der Waals surface area contributed by atoms with Gasteiger partial charge in [-0.1, -0.05) is 54.6 Å². The lowest BCUT2D eigenvalue weighted by Gasteiger charge is -2.28. The Morgan fingerprint density at radius 1 is 1.06 bits per heavy atom. The molecule has 0 heterocycles. The Balaban J connectivity index is 1.67. The van der Waals surface area contributed by atoms with Crippen LogP contribution >= 0.6 is 0 Å². The highest BCUT2D eigenvalue weighted by molar-refractivity contribution is 5.87. The number of rotatable bonds is 10. The van der Waals surface area contributed by atoms with Crippen molar-refractivity contribution in [2.24, 2.45) is 0 Å². The molecule has 3 N–H and O–H groups in total. The molecule has 0 saturated heterocycles. The number of alkyl carbamates (subject to hydrolysis) is 1. The summed E-state index contributed by atoms with van der Waals surface area (Å²) in [6.45, 7) is 5.20. The molecule has 186 valence electrons. The van der Waals surface area contributed by atoms with Gasteiger partial charge in [-0.15, -0.1) is 0 Å². The minimum absolute atomic E-state index is 0.0211. The predicted molar refractivity (Wildman–Crippen MR) is 132 cm³/mol. The fraction of sp³-hybridized carbons (Fsp3) is 0.370. The molecule has 35 heavy (non-hydrogen) atoms. The van der Waals surface area contributed by atoms with Crippen molar-refractivity contribution >= 4 is 18.0 Å². The number of carbonyl (C=O) groups is 3. The van der Waals surface area contributed by atoms with Crippen molar-refractivity contribution < 1.29 is 29.0 Å². The Bertz CT molecular complexity index is 1080. The van der Waals surface area contributed by atoms with Crippen molar-refractivity contribution in [1.29, 1.82) is 0 Å². The molecule has 0 saturated carbocycles. The fourth-order valence-corrected chi connectivity index (χ4v) is 4.08. The van der Waals surface area contributed by atoms with E-state index in [1.165, 1.54) is 20.1 Å². The number of carboxylic acids is 1. The summed E-state index contributed by atoms with van der Waals surface area (Å²) in [7, 11) is 1.53. The normalized spacial score (nSPS) is 14.0. The average molecular weight is 481 g/mol. The van der Waals surface area contributed by atoms with Crippen LogP contribution in [0.1, 0.15) is 44.2 Å². The summed E-state index contributed by atoms with van der Waals surface area (Å²) in [5.41, 5.74) is 3.87. The molecular formula is C27H32N2O6. The summed E-state index contributed by atoms with van der Waals surface area (Å²) < 4.78 is 11.0. The molecule has 8 heteroatoms. The van der Waals surface area contributed by atoms with Crippen LogP contribution in [0.2, 0.25) is 0 Å². The van der Waals surface area contributed by atoms with Crippen molar-refractivity contribution in [1.82, 2.24) is 10.6 Å². The average Bonchev–Trinajstić information content (AvgIpc) is 3.15. The number of carboxylic acid groups (broad SMARTS) is 1. The molecule has 2 amide bonds. The Hall–Kier alpha value is -3.65. The molecule has 1 aliphatic carbocycles. The van der Waals surface area contributed by atoms with Crippen molar-refractivity contribution in [2.45, 2.75) is 44.8 Å². The van der Waals surface area contributed by atoms with Crippen LogP contribution in [-0.4, -0.2) is 55.0 Å². The van der Waals surface area contributed by atoms with E-state index in [0.29, 0.717) is 0 Å². The first kappa shape index (κ1) is 26.0. The van der Waals surface area contributed by atoms with Gasteiger partial charge in [0.05, 0.1) is 5.60 Å². The molecule has 0 fully saturated rings. The first-order chi connectivity index (χ1) is 16.6. The monoisotopic (exact) mass is 480 g/mol. The van der Waals surface area contributed by atoms with E-state index < -0.39 is 29.6 Å². The van der Waals surface area contributed by atoms with Gasteiger partial charge in [0.2, 0.25) is 5.91 Å². The number of aliphatic carboxylic acids is 1. The molecule has 0 aromatic heterocycles. The number of hydrogen-bond acceptors (Lipinski definition) is 5. The number of nitrogens with one attached hydrogen (secondary N) is 2. The first-order valence-corrected chi connectivity index (χ1v) is 11.5. The van der Waals surface area contributed by atoms with E-state index in [-0.39, 0.29) is 31.1 Å². The number of amides is 2. The number of benzene rings is 2. The molecular weight excluding hydrogens is 448 g/mol. The van der Waals surface area contributed by atoms with Crippen molar-refractivity contribution in [3.05, 3.63) is 71.3 Å². The molecule has 1 atom stereocenters. The smallest absolute Gasteiger partial charge is 0.407 e. The van der Waals surface area contributed by atoms with Gasteiger partial charge >= 0.3 is 12.1 Å². The second-order valence-corrected chi connectivity index (χ2v) is 9.13. The highest BCUT2D eigenvalue weighted by atomic mass is 16.5. The van der Waals surface area contributed by atoms with E-state index in [2.05, 4.69) is 22.8 Å². The van der Waals surface area contributed by atoms with Crippen LogP contribution in [0.4, 0.5) is 4.79 Å². The third-order valence-corrected chi connectivity index (χ3v) is 6.22. The Morgan fingerprint density at radius 3 is 2.17 bits per heavy atom. The van der Waals surface area contributed by atoms with Gasteiger partial charge in [0.15, 0.2) is 0 Å². The number of methoxy groups -OCH3 is 1. The highest BCUT2D eigenvalue weighted by Gasteiger charge is 2.32. The molecule has 0 spiro atoms. The second-order valence-electron chi connectivity index (χ2n) is 9.13. The van der Waals surface area contributed by atoms with Crippen LogP contribution < -0.4 is 10.6 Å². The lowest BCUT2D eigenvalue weighted by Crippen LogP contribution is -2.50. The molecule has 0 aliphatic heterocycles. The zero-order chi connectivity index (χ0) is 25.6. The third-order valence-electron chi connectivity index (χ3n) is 6.22. The maximum atomic E-state index is 12.8. The second kappa shape index (κ2) is 11.2. The summed E-state index contributed by atoms with van der Waals surface area (Å²) in [6, 6.07) is 15.1. The number of hydrogen-bond donors (Lipinski definition) is 3. The number of carbonyl (C=O) groups excluding carboxylic acids is 2. The Labute approximate surface area is 205 Å². The van der Waals surface area contributed by atoms with E-state index in [4.69, 9.17) is 14.6 Å². The van der Waals surface area contributed by atoms with E-state index in [9.17, 15) is 14.4 Å². The molecule has 1 aliphatic rings. The summed E-state index contributed by atoms with van der Waals surface area (Å²) in [5.74, 6) is -1.62. The van der Waals surface area contributed by atoms with Gasteiger partial charge in [-0.25, -0.2) is 9.59 Å². The van der Waals surface area contributed by atoms with Gasteiger partial charge in [-0.05, 0) is 43.0 Å². The highest BCUT2D eigenvalue weighted by Crippen LogP contribution is 2.44. The SMILES string of the molecule is COC(C)(C)CC(NC(=O)OCC1c2ccccc2-c2ccccc21)C(=O)NC/C=C(\C)C(=O)O. The van der Waals surface area contributed by atoms with Crippen LogP contribution in [0.25, 0.3) is 11.1 Å². The van der Waals surface area contributed by atoms with E-state index in [0.717, 1.165) is 22.3 Å². The maximum Gasteiger partial charge on any atom is 0.407 e. The van der Waals surface area contributed by atoms with Gasteiger partial charge in [-0.3, -0.25) is 4.79 Å². The van der Waals surface area contributed by atoms with Crippen LogP contribution in [0, 0.1) is 0 Å². The van der Waals surface area contributed by atoms with E-state index >= 15 is 0 Å². The standard InChI is InChI=1S/C27H32N2O6/c1-17(25(31)32)13-14-28-24(30)23(15-27(2,3)34-4)29-26(33)35-16-22-20-11-7-5-9-18(20)19-10-6-8-12-21(19)22/h5-13,22-23H,14-16H2,1-4H3,(H,28,30)(H,29,33)(H,31,32)/b17-13+. The molecule has 2 aromatic rings. The number of fused-ring (bicyclic) bond motifs is 3. The zero-order valence-corrected chi connectivity index (χ0v) is 20.5. The summed E-state index contributed by atoms with van der Waals surface area (Å²) in [6.07, 6.45) is 0.879. The molecule has 1 unspecified atom stereocenters. The van der Waals surface area contributed by atoms with Crippen molar-refractivity contribution in [3.8, 4) is 11.1 Å². The van der Waals surface area contributed by atoms with E-state index in [1.807, 2.05) is 36.4 Å². The number of ether oxygens (including phenoxy) is 2. The van der Waals surface area contributed by atoms with Crippen LogP contribution in [0.5, 0.6) is 0 Å². The molecule has 8 nitrogen and oxygen atoms in total. The third kappa shape index (κ3) is 6.48. The fourth-order valence-electron chi connectivity index (χ4n) is 4.08. The quantitative estimate of drug-likeness (QED) is 0.445. The van der Waals surface area contributed by atoms with Crippen molar-refractivity contribution in [3.63, 3.8) is 0 Å². The van der Waals surface area contributed by atoms with Crippen LogP contribution in [0.3, 0.4) is 0 Å². The maximum absolute atomic E-state index is 12.8. The summed E-state index contributed by atoms with van der Waals surface area (Å²) in [5, 5.41) is 14.2. The lowest BCUT2D eigenvalue weighted by molar-refractivity contribution is -0.132. The van der Waals surface area contributed by atoms with E-state index in [1.54, 1.807) is 13.8 Å². The van der Waals surface area contributed by atoms with Crippen LogP contribution in [-0.2, 0) is 19.1 Å². The van der Waals surface area contributed by atoms with Gasteiger partial charge < -0.3 is 25.2 Å². The lowest BCUT2D eigenvalue weighted by atomic mass is 9.98. The molecule has 3 rings (SSSR count). The predicted octanol–water partition coefficient (Wildman–Crippen LogP) is 3.86. The minimum Gasteiger partial charge on any atom is -0.478 e. The largest absolute Gasteiger partial charge is 0.478 e. The summed E-state index contributed by atoms with van der Waals surface area (Å²) in [4.78, 5) is 36.5. The molecule has 2 aromatic carbocycles. The molecule has 0 bridgehead atoms. The first-order valence-electron chi connectivity index (χ1n) is 11.5.